The summed E-state index contributed by atoms with van der Waals surface area (Å²) in [6.45, 7) is 4.61. The van der Waals surface area contributed by atoms with Gasteiger partial charge in [0.25, 0.3) is 0 Å². The van der Waals surface area contributed by atoms with Gasteiger partial charge in [-0.15, -0.1) is 11.3 Å². The zero-order valence-electron chi connectivity index (χ0n) is 11.1. The minimum absolute atomic E-state index is 0.0481. The van der Waals surface area contributed by atoms with E-state index in [9.17, 15) is 4.79 Å². The predicted molar refractivity (Wildman–Crippen MR) is 80.0 cm³/mol. The van der Waals surface area contributed by atoms with E-state index in [4.69, 9.17) is 4.74 Å². The zero-order valence-corrected chi connectivity index (χ0v) is 11.9. The van der Waals surface area contributed by atoms with E-state index in [0.29, 0.717) is 6.61 Å². The Labute approximate surface area is 117 Å². The normalized spacial score (nSPS) is 10.8. The molecule has 0 unspecified atom stereocenters. The van der Waals surface area contributed by atoms with Crippen molar-refractivity contribution in [3.8, 4) is 5.75 Å². The summed E-state index contributed by atoms with van der Waals surface area (Å²) < 4.78 is 5.37. The molecule has 2 rings (SSSR count). The molecular formula is C16H16O2S. The van der Waals surface area contributed by atoms with Gasteiger partial charge in [0, 0.05) is 4.88 Å². The molecule has 2 aromatic rings. The second kappa shape index (κ2) is 6.34. The van der Waals surface area contributed by atoms with Crippen LogP contribution in [-0.2, 0) is 0 Å². The fourth-order valence-corrected chi connectivity index (χ4v) is 2.45. The van der Waals surface area contributed by atoms with Crippen molar-refractivity contribution in [2.75, 3.05) is 6.61 Å². The van der Waals surface area contributed by atoms with Gasteiger partial charge in [0.15, 0.2) is 5.78 Å². The predicted octanol–water partition coefficient (Wildman–Crippen LogP) is 4.35. The number of benzene rings is 1. The first-order valence-electron chi connectivity index (χ1n) is 6.21. The summed E-state index contributed by atoms with van der Waals surface area (Å²) in [6, 6.07) is 11.5. The van der Waals surface area contributed by atoms with Gasteiger partial charge in [-0.2, -0.15) is 0 Å². The second-order valence-corrected chi connectivity index (χ2v) is 5.40. The van der Waals surface area contributed by atoms with Crippen LogP contribution in [0.15, 0.2) is 42.5 Å². The van der Waals surface area contributed by atoms with Crippen LogP contribution in [0.25, 0.3) is 6.08 Å². The largest absolute Gasteiger partial charge is 0.494 e. The summed E-state index contributed by atoms with van der Waals surface area (Å²) in [5.41, 5.74) is 0.991. The summed E-state index contributed by atoms with van der Waals surface area (Å²) in [7, 11) is 0. The summed E-state index contributed by atoms with van der Waals surface area (Å²) in [6.07, 6.45) is 3.44. The molecule has 3 heteroatoms. The molecule has 0 aliphatic rings. The fourth-order valence-electron chi connectivity index (χ4n) is 1.66. The Morgan fingerprint density at radius 3 is 2.53 bits per heavy atom. The lowest BCUT2D eigenvalue weighted by Gasteiger charge is -2.02. The Kier molecular flexibility index (Phi) is 4.53. The van der Waals surface area contributed by atoms with Crippen molar-refractivity contribution in [3.63, 3.8) is 0 Å². The van der Waals surface area contributed by atoms with Crippen LogP contribution in [0.3, 0.4) is 0 Å². The monoisotopic (exact) mass is 272 g/mol. The van der Waals surface area contributed by atoms with Gasteiger partial charge in [0.2, 0.25) is 0 Å². The second-order valence-electron chi connectivity index (χ2n) is 4.11. The van der Waals surface area contributed by atoms with Crippen LogP contribution in [0.2, 0.25) is 0 Å². The highest BCUT2D eigenvalue weighted by Crippen LogP contribution is 2.17. The number of hydrogen-bond donors (Lipinski definition) is 0. The van der Waals surface area contributed by atoms with E-state index in [1.807, 2.05) is 56.3 Å². The first-order chi connectivity index (χ1) is 9.19. The van der Waals surface area contributed by atoms with Crippen LogP contribution >= 0.6 is 11.3 Å². The van der Waals surface area contributed by atoms with E-state index >= 15 is 0 Å². The van der Waals surface area contributed by atoms with Crippen molar-refractivity contribution in [3.05, 3.63) is 57.8 Å². The Bertz CT molecular complexity index is 579. The molecule has 2 nitrogen and oxygen atoms in total. The van der Waals surface area contributed by atoms with Crippen molar-refractivity contribution >= 4 is 23.2 Å². The first-order valence-corrected chi connectivity index (χ1v) is 7.02. The standard InChI is InChI=1S/C16H16O2S/c1-3-18-14-8-5-13(6-9-14)7-10-15(17)16-11-4-12(2)19-16/h4-11H,3H2,1-2H3. The third kappa shape index (κ3) is 3.80. The van der Waals surface area contributed by atoms with Crippen LogP contribution in [0.4, 0.5) is 0 Å². The average Bonchev–Trinajstić information content (AvgIpc) is 2.85. The number of carbonyl (C=O) groups is 1. The lowest BCUT2D eigenvalue weighted by atomic mass is 10.2. The summed E-state index contributed by atoms with van der Waals surface area (Å²) in [4.78, 5) is 13.8. The maximum absolute atomic E-state index is 11.9. The lowest BCUT2D eigenvalue weighted by Crippen LogP contribution is -1.91. The van der Waals surface area contributed by atoms with Crippen molar-refractivity contribution in [1.29, 1.82) is 0 Å². The van der Waals surface area contributed by atoms with Gasteiger partial charge in [-0.05, 0) is 49.8 Å². The summed E-state index contributed by atoms with van der Waals surface area (Å²) in [5, 5.41) is 0. The molecule has 0 amide bonds. The van der Waals surface area contributed by atoms with Crippen molar-refractivity contribution in [2.45, 2.75) is 13.8 Å². The lowest BCUT2D eigenvalue weighted by molar-refractivity contribution is 0.105. The molecule has 1 aromatic heterocycles. The first kappa shape index (κ1) is 13.6. The van der Waals surface area contributed by atoms with Crippen LogP contribution in [0.5, 0.6) is 5.75 Å². The molecule has 0 fully saturated rings. The van der Waals surface area contributed by atoms with E-state index in [-0.39, 0.29) is 5.78 Å². The fraction of sp³-hybridized carbons (Fsp3) is 0.188. The highest BCUT2D eigenvalue weighted by Gasteiger charge is 2.03. The van der Waals surface area contributed by atoms with Crippen molar-refractivity contribution in [2.24, 2.45) is 0 Å². The van der Waals surface area contributed by atoms with Crippen LogP contribution in [0.1, 0.15) is 27.0 Å². The number of allylic oxidation sites excluding steroid dienone is 1. The molecule has 0 aliphatic heterocycles. The SMILES string of the molecule is CCOc1ccc(C=CC(=O)c2ccc(C)s2)cc1. The van der Waals surface area contributed by atoms with Gasteiger partial charge in [-0.1, -0.05) is 18.2 Å². The van der Waals surface area contributed by atoms with E-state index in [0.717, 1.165) is 21.1 Å². The summed E-state index contributed by atoms with van der Waals surface area (Å²) >= 11 is 1.52. The quantitative estimate of drug-likeness (QED) is 0.597. The Hall–Kier alpha value is -1.87. The minimum Gasteiger partial charge on any atom is -0.494 e. The smallest absolute Gasteiger partial charge is 0.195 e. The zero-order chi connectivity index (χ0) is 13.7. The number of thiophene rings is 1. The molecule has 0 spiro atoms. The molecule has 19 heavy (non-hydrogen) atoms. The van der Waals surface area contributed by atoms with Gasteiger partial charge in [0.05, 0.1) is 11.5 Å². The van der Waals surface area contributed by atoms with Gasteiger partial charge < -0.3 is 4.74 Å². The molecule has 0 bridgehead atoms. The van der Waals surface area contributed by atoms with Gasteiger partial charge >= 0.3 is 0 Å². The van der Waals surface area contributed by atoms with Crippen molar-refractivity contribution in [1.82, 2.24) is 0 Å². The van der Waals surface area contributed by atoms with E-state index in [2.05, 4.69) is 0 Å². The maximum atomic E-state index is 11.9. The summed E-state index contributed by atoms with van der Waals surface area (Å²) in [5.74, 6) is 0.895. The molecule has 0 saturated carbocycles. The van der Waals surface area contributed by atoms with Crippen molar-refractivity contribution < 1.29 is 9.53 Å². The number of ether oxygens (including phenoxy) is 1. The number of hydrogen-bond acceptors (Lipinski definition) is 3. The molecule has 98 valence electrons. The third-order valence-electron chi connectivity index (χ3n) is 2.60. The van der Waals surface area contributed by atoms with E-state index < -0.39 is 0 Å². The Morgan fingerprint density at radius 2 is 1.95 bits per heavy atom. The highest BCUT2D eigenvalue weighted by molar-refractivity contribution is 7.14. The third-order valence-corrected chi connectivity index (χ3v) is 3.62. The van der Waals surface area contributed by atoms with E-state index in [1.165, 1.54) is 11.3 Å². The molecule has 0 radical (unpaired) electrons. The van der Waals surface area contributed by atoms with Crippen LogP contribution in [-0.4, -0.2) is 12.4 Å². The molecule has 1 aromatic carbocycles. The average molecular weight is 272 g/mol. The Balaban J connectivity index is 2.03. The molecule has 0 aliphatic carbocycles. The van der Waals surface area contributed by atoms with Crippen LogP contribution in [0, 0.1) is 6.92 Å². The molecule has 0 saturated heterocycles. The number of aryl methyl sites for hydroxylation is 1. The Morgan fingerprint density at radius 1 is 1.21 bits per heavy atom. The molecular weight excluding hydrogens is 256 g/mol. The molecule has 1 heterocycles. The molecule has 0 atom stereocenters. The minimum atomic E-state index is 0.0481. The maximum Gasteiger partial charge on any atom is 0.195 e. The van der Waals surface area contributed by atoms with Crippen LogP contribution < -0.4 is 4.74 Å². The highest BCUT2D eigenvalue weighted by atomic mass is 32.1. The number of carbonyl (C=O) groups excluding carboxylic acids is 1. The van der Waals surface area contributed by atoms with Gasteiger partial charge in [-0.25, -0.2) is 0 Å². The van der Waals surface area contributed by atoms with Gasteiger partial charge in [-0.3, -0.25) is 4.79 Å². The van der Waals surface area contributed by atoms with E-state index in [1.54, 1.807) is 6.08 Å². The number of rotatable bonds is 5. The molecule has 0 N–H and O–H groups in total. The van der Waals surface area contributed by atoms with Gasteiger partial charge in [0.1, 0.15) is 5.75 Å². The topological polar surface area (TPSA) is 26.3 Å². The number of ketones is 1.